The number of nitrogens with zero attached hydrogens (tertiary/aromatic N) is 1. The fraction of sp³-hybridized carbons (Fsp3) is 0.889. The van der Waals surface area contributed by atoms with Gasteiger partial charge >= 0.3 is 6.18 Å². The highest BCUT2D eigenvalue weighted by atomic mass is 35.5. The van der Waals surface area contributed by atoms with Gasteiger partial charge in [0.2, 0.25) is 5.91 Å². The van der Waals surface area contributed by atoms with Gasteiger partial charge in [-0.05, 0) is 6.92 Å². The van der Waals surface area contributed by atoms with Gasteiger partial charge in [0, 0.05) is 25.9 Å². The van der Waals surface area contributed by atoms with E-state index in [1.165, 1.54) is 11.8 Å². The number of aliphatic hydroxyl groups is 1. The van der Waals surface area contributed by atoms with Crippen molar-refractivity contribution in [2.45, 2.75) is 36.9 Å². The number of alkyl halides is 4. The maximum Gasteiger partial charge on any atom is 0.417 e. The number of carbonyl (C=O) groups is 1. The van der Waals surface area contributed by atoms with Crippen molar-refractivity contribution in [3.63, 3.8) is 0 Å². The molecule has 0 aromatic carbocycles. The van der Waals surface area contributed by atoms with Crippen molar-refractivity contribution in [1.82, 2.24) is 4.90 Å². The molecule has 1 aliphatic heterocycles. The van der Waals surface area contributed by atoms with Crippen LogP contribution < -0.4 is 0 Å². The van der Waals surface area contributed by atoms with Crippen LogP contribution in [0.2, 0.25) is 0 Å². The monoisotopic (exact) mass is 259 g/mol. The molecule has 1 heterocycles. The molecule has 0 aromatic heterocycles. The maximum absolute atomic E-state index is 12.4. The number of piperidine rings is 1. The van der Waals surface area contributed by atoms with Gasteiger partial charge in [-0.15, -0.1) is 11.6 Å². The standard InChI is InChI=1S/C9H13ClF3NO2/c1-6(10)7(15)14-4-2-8(16,3-5-14)9(11,12)13/h6,16H,2-5H2,1H3/t6-/m0/s1. The third-order valence-corrected chi connectivity index (χ3v) is 2.96. The van der Waals surface area contributed by atoms with E-state index in [1.54, 1.807) is 0 Å². The van der Waals surface area contributed by atoms with Gasteiger partial charge in [0.25, 0.3) is 0 Å². The first kappa shape index (κ1) is 13.6. The number of rotatable bonds is 1. The van der Waals surface area contributed by atoms with Crippen molar-refractivity contribution < 1.29 is 23.1 Å². The SMILES string of the molecule is C[C@H](Cl)C(=O)N1CCC(O)(C(F)(F)F)CC1. The molecule has 1 fully saturated rings. The highest BCUT2D eigenvalue weighted by Crippen LogP contribution is 2.38. The van der Waals surface area contributed by atoms with E-state index in [-0.39, 0.29) is 13.1 Å². The average Bonchev–Trinajstić information content (AvgIpc) is 2.16. The Morgan fingerprint density at radius 3 is 2.19 bits per heavy atom. The van der Waals surface area contributed by atoms with E-state index >= 15 is 0 Å². The normalized spacial score (nSPS) is 23.0. The molecular weight excluding hydrogens is 247 g/mol. The average molecular weight is 260 g/mol. The van der Waals surface area contributed by atoms with Crippen molar-refractivity contribution >= 4 is 17.5 Å². The molecule has 1 rings (SSSR count). The summed E-state index contributed by atoms with van der Waals surface area (Å²) in [6.45, 7) is 1.23. The molecule has 1 N–H and O–H groups in total. The summed E-state index contributed by atoms with van der Waals surface area (Å²) >= 11 is 5.55. The summed E-state index contributed by atoms with van der Waals surface area (Å²) in [6.07, 6.45) is -5.63. The van der Waals surface area contributed by atoms with Crippen LogP contribution in [0.5, 0.6) is 0 Å². The quantitative estimate of drug-likeness (QED) is 0.726. The summed E-state index contributed by atoms with van der Waals surface area (Å²) in [5.41, 5.74) is -2.67. The second kappa shape index (κ2) is 4.41. The van der Waals surface area contributed by atoms with Crippen LogP contribution in [0.4, 0.5) is 13.2 Å². The van der Waals surface area contributed by atoms with E-state index in [1.807, 2.05) is 0 Å². The Hall–Kier alpha value is -0.490. The van der Waals surface area contributed by atoms with Crippen LogP contribution in [0.25, 0.3) is 0 Å². The summed E-state index contributed by atoms with van der Waals surface area (Å²) in [7, 11) is 0. The lowest BCUT2D eigenvalue weighted by molar-refractivity contribution is -0.272. The summed E-state index contributed by atoms with van der Waals surface area (Å²) in [5.74, 6) is -0.397. The van der Waals surface area contributed by atoms with Crippen molar-refractivity contribution in [3.8, 4) is 0 Å². The van der Waals surface area contributed by atoms with Crippen LogP contribution in [0.1, 0.15) is 19.8 Å². The van der Waals surface area contributed by atoms with Crippen molar-refractivity contribution in [1.29, 1.82) is 0 Å². The molecule has 0 saturated carbocycles. The number of halogens is 4. The highest BCUT2D eigenvalue weighted by Gasteiger charge is 2.54. The number of hydrogen-bond donors (Lipinski definition) is 1. The molecule has 0 aliphatic carbocycles. The predicted octanol–water partition coefficient (Wildman–Crippen LogP) is 1.53. The zero-order valence-electron chi connectivity index (χ0n) is 8.72. The number of likely N-dealkylation sites (tertiary alicyclic amines) is 1. The fourth-order valence-corrected chi connectivity index (χ4v) is 1.77. The topological polar surface area (TPSA) is 40.5 Å². The maximum atomic E-state index is 12.4. The van der Waals surface area contributed by atoms with Gasteiger partial charge in [0.1, 0.15) is 5.38 Å². The summed E-state index contributed by atoms with van der Waals surface area (Å²) in [4.78, 5) is 12.6. The molecule has 0 bridgehead atoms. The molecule has 3 nitrogen and oxygen atoms in total. The van der Waals surface area contributed by atoms with Crippen LogP contribution in [-0.4, -0.2) is 46.2 Å². The first-order valence-electron chi connectivity index (χ1n) is 4.89. The van der Waals surface area contributed by atoms with E-state index in [4.69, 9.17) is 11.6 Å². The van der Waals surface area contributed by atoms with Crippen molar-refractivity contribution in [3.05, 3.63) is 0 Å². The molecule has 0 unspecified atom stereocenters. The summed E-state index contributed by atoms with van der Waals surface area (Å²) in [6, 6.07) is 0. The van der Waals surface area contributed by atoms with Crippen LogP contribution in [0, 0.1) is 0 Å². The molecular formula is C9H13ClF3NO2. The number of amides is 1. The zero-order chi connectivity index (χ0) is 12.6. The number of carbonyl (C=O) groups excluding carboxylic acids is 1. The van der Waals surface area contributed by atoms with Gasteiger partial charge in [-0.3, -0.25) is 4.79 Å². The minimum Gasteiger partial charge on any atom is -0.380 e. The van der Waals surface area contributed by atoms with E-state index in [0.29, 0.717) is 0 Å². The zero-order valence-corrected chi connectivity index (χ0v) is 9.48. The molecule has 1 saturated heterocycles. The van der Waals surface area contributed by atoms with Gasteiger partial charge in [-0.2, -0.15) is 13.2 Å². The lowest BCUT2D eigenvalue weighted by atomic mass is 9.90. The molecule has 1 amide bonds. The van der Waals surface area contributed by atoms with Gasteiger partial charge in [0.15, 0.2) is 5.60 Å². The second-order valence-electron chi connectivity index (χ2n) is 3.97. The Bertz CT molecular complexity index is 272. The first-order chi connectivity index (χ1) is 7.17. The van der Waals surface area contributed by atoms with Gasteiger partial charge in [0.05, 0.1) is 0 Å². The molecule has 1 aliphatic rings. The second-order valence-corrected chi connectivity index (χ2v) is 4.63. The first-order valence-corrected chi connectivity index (χ1v) is 5.33. The third kappa shape index (κ3) is 2.60. The summed E-state index contributed by atoms with van der Waals surface area (Å²) < 4.78 is 37.3. The fourth-order valence-electron chi connectivity index (χ4n) is 1.63. The van der Waals surface area contributed by atoms with E-state index in [9.17, 15) is 23.1 Å². The van der Waals surface area contributed by atoms with Crippen molar-refractivity contribution in [2.24, 2.45) is 0 Å². The Balaban J connectivity index is 2.61. The van der Waals surface area contributed by atoms with Crippen LogP contribution in [0.3, 0.4) is 0 Å². The number of hydrogen-bond acceptors (Lipinski definition) is 2. The highest BCUT2D eigenvalue weighted by molar-refractivity contribution is 6.30. The lowest BCUT2D eigenvalue weighted by Gasteiger charge is -2.39. The predicted molar refractivity (Wildman–Crippen MR) is 52.1 cm³/mol. The molecule has 7 heteroatoms. The van der Waals surface area contributed by atoms with E-state index < -0.39 is 35.9 Å². The Labute approximate surface area is 96.2 Å². The van der Waals surface area contributed by atoms with Crippen LogP contribution in [-0.2, 0) is 4.79 Å². The van der Waals surface area contributed by atoms with Gasteiger partial charge in [-0.25, -0.2) is 0 Å². The van der Waals surface area contributed by atoms with Crippen LogP contribution >= 0.6 is 11.6 Å². The van der Waals surface area contributed by atoms with Gasteiger partial charge in [-0.1, -0.05) is 0 Å². The minimum absolute atomic E-state index is 0.119. The molecule has 94 valence electrons. The molecule has 0 spiro atoms. The van der Waals surface area contributed by atoms with Gasteiger partial charge < -0.3 is 10.0 Å². The molecule has 16 heavy (non-hydrogen) atoms. The molecule has 0 aromatic rings. The van der Waals surface area contributed by atoms with E-state index in [0.717, 1.165) is 0 Å². The Kier molecular flexibility index (Phi) is 3.74. The third-order valence-electron chi connectivity index (χ3n) is 2.77. The summed E-state index contributed by atoms with van der Waals surface area (Å²) in [5, 5.41) is 8.60. The molecule has 0 radical (unpaired) electrons. The van der Waals surface area contributed by atoms with Crippen LogP contribution in [0.15, 0.2) is 0 Å². The Morgan fingerprint density at radius 2 is 1.88 bits per heavy atom. The van der Waals surface area contributed by atoms with E-state index in [2.05, 4.69) is 0 Å². The Morgan fingerprint density at radius 1 is 1.44 bits per heavy atom. The molecule has 1 atom stereocenters. The van der Waals surface area contributed by atoms with Crippen molar-refractivity contribution in [2.75, 3.05) is 13.1 Å². The minimum atomic E-state index is -4.64. The largest absolute Gasteiger partial charge is 0.417 e. The lowest BCUT2D eigenvalue weighted by Crippen LogP contribution is -2.55. The smallest absolute Gasteiger partial charge is 0.380 e.